The normalized spacial score (nSPS) is 11.0. The number of carbonyl (C=O) groups is 2. The van der Waals surface area contributed by atoms with Crippen LogP contribution >= 0.6 is 11.5 Å². The maximum Gasteiger partial charge on any atom is 0.321 e. The first-order valence-electron chi connectivity index (χ1n) is 8.07. The van der Waals surface area contributed by atoms with Crippen molar-refractivity contribution in [2.45, 2.75) is 38.6 Å². The molecule has 0 aliphatic carbocycles. The van der Waals surface area contributed by atoms with Crippen molar-refractivity contribution in [3.63, 3.8) is 0 Å². The zero-order chi connectivity index (χ0) is 18.3. The molecule has 1 heterocycles. The summed E-state index contributed by atoms with van der Waals surface area (Å²) in [5, 5.41) is 5.97. The minimum absolute atomic E-state index is 0.120. The van der Waals surface area contributed by atoms with Crippen molar-refractivity contribution in [3.8, 4) is 11.4 Å². The fourth-order valence-corrected chi connectivity index (χ4v) is 3.00. The molecule has 0 fully saturated rings. The third kappa shape index (κ3) is 4.99. The first-order chi connectivity index (χ1) is 12.0. The van der Waals surface area contributed by atoms with E-state index in [4.69, 9.17) is 4.74 Å². The number of rotatable bonds is 7. The van der Waals surface area contributed by atoms with Crippen LogP contribution in [0, 0.1) is 0 Å². The average Bonchev–Trinajstić information content (AvgIpc) is 3.10. The molecule has 0 saturated carbocycles. The molecular weight excluding hydrogens is 340 g/mol. The van der Waals surface area contributed by atoms with E-state index in [2.05, 4.69) is 20.0 Å². The molecule has 0 spiro atoms. The lowest BCUT2D eigenvalue weighted by Crippen LogP contribution is -2.50. The third-order valence-electron chi connectivity index (χ3n) is 4.12. The second-order valence-electron chi connectivity index (χ2n) is 5.61. The molecule has 134 valence electrons. The SMILES string of the molecule is CCC(CC)(CC(=O)OC)NC(=O)Nc1nc(-c2ccccc2)ns1. The fraction of sp³-hybridized carbons (Fsp3) is 0.412. The van der Waals surface area contributed by atoms with Crippen molar-refractivity contribution in [1.29, 1.82) is 0 Å². The Hall–Kier alpha value is -2.48. The van der Waals surface area contributed by atoms with Gasteiger partial charge in [-0.2, -0.15) is 9.36 Å². The van der Waals surface area contributed by atoms with Gasteiger partial charge in [-0.1, -0.05) is 44.2 Å². The second-order valence-corrected chi connectivity index (χ2v) is 6.36. The number of benzene rings is 1. The highest BCUT2D eigenvalue weighted by Gasteiger charge is 2.31. The minimum Gasteiger partial charge on any atom is -0.469 e. The van der Waals surface area contributed by atoms with Crippen LogP contribution in [0.2, 0.25) is 0 Å². The third-order valence-corrected chi connectivity index (χ3v) is 4.75. The summed E-state index contributed by atoms with van der Waals surface area (Å²) in [5.41, 5.74) is 0.235. The van der Waals surface area contributed by atoms with E-state index in [0.717, 1.165) is 17.1 Å². The molecular formula is C17H22N4O3S. The number of ether oxygens (including phenoxy) is 1. The highest BCUT2D eigenvalue weighted by atomic mass is 32.1. The van der Waals surface area contributed by atoms with Gasteiger partial charge in [0, 0.05) is 17.1 Å². The quantitative estimate of drug-likeness (QED) is 0.736. The molecule has 0 aliphatic rings. The second kappa shape index (κ2) is 8.57. The Morgan fingerprint density at radius 3 is 2.48 bits per heavy atom. The van der Waals surface area contributed by atoms with Crippen LogP contribution in [0.5, 0.6) is 0 Å². The predicted molar refractivity (Wildman–Crippen MR) is 97.4 cm³/mol. The molecule has 2 N–H and O–H groups in total. The highest BCUT2D eigenvalue weighted by Crippen LogP contribution is 2.23. The maximum absolute atomic E-state index is 12.3. The number of amides is 2. The lowest BCUT2D eigenvalue weighted by molar-refractivity contribution is -0.142. The molecule has 1 aromatic carbocycles. The van der Waals surface area contributed by atoms with E-state index in [-0.39, 0.29) is 12.4 Å². The summed E-state index contributed by atoms with van der Waals surface area (Å²) in [6.07, 6.45) is 1.34. The summed E-state index contributed by atoms with van der Waals surface area (Å²) >= 11 is 1.11. The number of methoxy groups -OCH3 is 1. The standard InChI is InChI=1S/C17H22N4O3S/c1-4-17(5-2,11-13(22)24-3)20-15(23)19-16-18-14(21-25-16)12-9-7-6-8-10-12/h6-10H,4-5,11H2,1-3H3,(H2,18,19,20,21,23). The van der Waals surface area contributed by atoms with Gasteiger partial charge in [-0.05, 0) is 12.8 Å². The molecule has 2 amide bonds. The molecule has 0 unspecified atom stereocenters. The maximum atomic E-state index is 12.3. The number of carbonyl (C=O) groups excluding carboxylic acids is 2. The molecule has 2 rings (SSSR count). The van der Waals surface area contributed by atoms with E-state index in [1.807, 2.05) is 44.2 Å². The van der Waals surface area contributed by atoms with Crippen molar-refractivity contribution in [2.24, 2.45) is 0 Å². The lowest BCUT2D eigenvalue weighted by atomic mass is 9.89. The van der Waals surface area contributed by atoms with E-state index in [9.17, 15) is 9.59 Å². The molecule has 0 atom stereocenters. The summed E-state index contributed by atoms with van der Waals surface area (Å²) in [6, 6.07) is 9.12. The van der Waals surface area contributed by atoms with Crippen LogP contribution in [-0.4, -0.2) is 34.0 Å². The first kappa shape index (κ1) is 18.9. The topological polar surface area (TPSA) is 93.2 Å². The van der Waals surface area contributed by atoms with Gasteiger partial charge in [-0.3, -0.25) is 10.1 Å². The average molecular weight is 362 g/mol. The molecule has 7 nitrogen and oxygen atoms in total. The predicted octanol–water partition coefficient (Wildman–Crippen LogP) is 3.45. The van der Waals surface area contributed by atoms with Crippen LogP contribution in [0.15, 0.2) is 30.3 Å². The van der Waals surface area contributed by atoms with Crippen molar-refractivity contribution in [2.75, 3.05) is 12.4 Å². The van der Waals surface area contributed by atoms with Gasteiger partial charge >= 0.3 is 12.0 Å². The summed E-state index contributed by atoms with van der Waals surface area (Å²) in [6.45, 7) is 3.84. The summed E-state index contributed by atoms with van der Waals surface area (Å²) in [5.74, 6) is 0.207. The lowest BCUT2D eigenvalue weighted by Gasteiger charge is -2.31. The number of anilines is 1. The summed E-state index contributed by atoms with van der Waals surface area (Å²) in [4.78, 5) is 28.3. The van der Waals surface area contributed by atoms with Crippen LogP contribution in [0.25, 0.3) is 11.4 Å². The van der Waals surface area contributed by atoms with Crippen LogP contribution in [0.3, 0.4) is 0 Å². The number of hydrogen-bond acceptors (Lipinski definition) is 6. The van der Waals surface area contributed by atoms with Gasteiger partial charge < -0.3 is 10.1 Å². The van der Waals surface area contributed by atoms with Crippen molar-refractivity contribution < 1.29 is 14.3 Å². The Balaban J connectivity index is 2.03. The number of aromatic nitrogens is 2. The van der Waals surface area contributed by atoms with Gasteiger partial charge in [0.05, 0.1) is 19.1 Å². The van der Waals surface area contributed by atoms with E-state index in [1.165, 1.54) is 7.11 Å². The Morgan fingerprint density at radius 2 is 1.88 bits per heavy atom. The van der Waals surface area contributed by atoms with Gasteiger partial charge in [0.1, 0.15) is 0 Å². The van der Waals surface area contributed by atoms with Gasteiger partial charge in [0.15, 0.2) is 5.82 Å². The zero-order valence-corrected chi connectivity index (χ0v) is 15.4. The largest absolute Gasteiger partial charge is 0.469 e. The van der Waals surface area contributed by atoms with E-state index < -0.39 is 11.6 Å². The molecule has 2 aromatic rings. The first-order valence-corrected chi connectivity index (χ1v) is 8.84. The smallest absolute Gasteiger partial charge is 0.321 e. The number of hydrogen-bond donors (Lipinski definition) is 2. The van der Waals surface area contributed by atoms with Crippen LogP contribution in [0.4, 0.5) is 9.93 Å². The van der Waals surface area contributed by atoms with Crippen LogP contribution < -0.4 is 10.6 Å². The summed E-state index contributed by atoms with van der Waals surface area (Å²) < 4.78 is 8.98. The Kier molecular flexibility index (Phi) is 6.46. The highest BCUT2D eigenvalue weighted by molar-refractivity contribution is 7.10. The Morgan fingerprint density at radius 1 is 1.20 bits per heavy atom. The molecule has 1 aromatic heterocycles. The minimum atomic E-state index is -0.649. The van der Waals surface area contributed by atoms with Crippen molar-refractivity contribution in [3.05, 3.63) is 30.3 Å². The van der Waals surface area contributed by atoms with Gasteiger partial charge in [0.25, 0.3) is 0 Å². The van der Waals surface area contributed by atoms with Crippen molar-refractivity contribution in [1.82, 2.24) is 14.7 Å². The monoisotopic (exact) mass is 362 g/mol. The fourth-order valence-electron chi connectivity index (χ4n) is 2.42. The molecule has 0 bridgehead atoms. The van der Waals surface area contributed by atoms with E-state index in [0.29, 0.717) is 23.8 Å². The van der Waals surface area contributed by atoms with Crippen molar-refractivity contribution >= 4 is 28.7 Å². The summed E-state index contributed by atoms with van der Waals surface area (Å²) in [7, 11) is 1.34. The number of nitrogens with zero attached hydrogens (tertiary/aromatic N) is 2. The Labute approximate surface area is 151 Å². The van der Waals surface area contributed by atoms with Gasteiger partial charge in [0.2, 0.25) is 5.13 Å². The van der Waals surface area contributed by atoms with Gasteiger partial charge in [-0.25, -0.2) is 4.79 Å². The van der Waals surface area contributed by atoms with E-state index in [1.54, 1.807) is 0 Å². The Bertz CT molecular complexity index is 714. The zero-order valence-electron chi connectivity index (χ0n) is 14.5. The number of urea groups is 1. The molecule has 0 radical (unpaired) electrons. The number of nitrogens with one attached hydrogen (secondary N) is 2. The number of esters is 1. The molecule has 8 heteroatoms. The molecule has 0 saturated heterocycles. The molecule has 25 heavy (non-hydrogen) atoms. The van der Waals surface area contributed by atoms with E-state index >= 15 is 0 Å². The van der Waals surface area contributed by atoms with Crippen LogP contribution in [-0.2, 0) is 9.53 Å². The molecule has 0 aliphatic heterocycles. The van der Waals surface area contributed by atoms with Gasteiger partial charge in [-0.15, -0.1) is 0 Å². The van der Waals surface area contributed by atoms with Crippen LogP contribution in [0.1, 0.15) is 33.1 Å².